The van der Waals surface area contributed by atoms with E-state index < -0.39 is 30.1 Å². The zero-order chi connectivity index (χ0) is 21.0. The monoisotopic (exact) mass is 419 g/mol. The fourth-order valence-electron chi connectivity index (χ4n) is 2.39. The van der Waals surface area contributed by atoms with Crippen molar-refractivity contribution in [3.8, 4) is 11.3 Å². The number of furan rings is 1. The van der Waals surface area contributed by atoms with Gasteiger partial charge in [-0.25, -0.2) is 13.6 Å². The van der Waals surface area contributed by atoms with Crippen LogP contribution < -0.4 is 5.32 Å². The average molecular weight is 420 g/mol. The Bertz CT molecular complexity index is 1100. The molecule has 0 saturated carbocycles. The van der Waals surface area contributed by atoms with Crippen molar-refractivity contribution in [2.45, 2.75) is 0 Å². The summed E-state index contributed by atoms with van der Waals surface area (Å²) in [6.07, 6.45) is 0.539. The first-order valence-corrected chi connectivity index (χ1v) is 8.52. The van der Waals surface area contributed by atoms with Gasteiger partial charge < -0.3 is 14.5 Å². The van der Waals surface area contributed by atoms with E-state index >= 15 is 0 Å². The lowest BCUT2D eigenvalue weighted by Gasteiger charge is -2.09. The van der Waals surface area contributed by atoms with Crippen LogP contribution in [0.3, 0.4) is 0 Å². The first-order chi connectivity index (χ1) is 13.9. The van der Waals surface area contributed by atoms with Gasteiger partial charge in [0, 0.05) is 11.6 Å². The molecular weight excluding hydrogens is 408 g/mol. The molecule has 0 saturated heterocycles. The van der Waals surface area contributed by atoms with Crippen molar-refractivity contribution >= 4 is 35.5 Å². The van der Waals surface area contributed by atoms with Gasteiger partial charge in [-0.1, -0.05) is 11.6 Å². The van der Waals surface area contributed by atoms with Crippen molar-refractivity contribution in [3.05, 3.63) is 76.5 Å². The Morgan fingerprint density at radius 1 is 1.10 bits per heavy atom. The summed E-state index contributed by atoms with van der Waals surface area (Å²) in [5.41, 5.74) is 0.178. The van der Waals surface area contributed by atoms with Gasteiger partial charge in [0.15, 0.2) is 18.7 Å². The molecule has 0 aliphatic heterocycles. The largest absolute Gasteiger partial charge is 0.453 e. The number of anilines is 1. The molecule has 3 rings (SSSR count). The number of carbonyl (C=O) groups is 3. The lowest BCUT2D eigenvalue weighted by atomic mass is 10.1. The van der Waals surface area contributed by atoms with Crippen molar-refractivity contribution < 1.29 is 32.3 Å². The fourth-order valence-corrected chi connectivity index (χ4v) is 2.59. The van der Waals surface area contributed by atoms with Crippen molar-refractivity contribution in [2.75, 3.05) is 11.9 Å². The molecule has 1 N–H and O–H groups in total. The number of rotatable bonds is 6. The minimum atomic E-state index is -0.964. The van der Waals surface area contributed by atoms with Gasteiger partial charge in [0.25, 0.3) is 5.91 Å². The molecule has 0 bridgehead atoms. The maximum absolute atomic E-state index is 13.5. The van der Waals surface area contributed by atoms with E-state index in [1.165, 1.54) is 18.2 Å². The van der Waals surface area contributed by atoms with Crippen molar-refractivity contribution in [3.63, 3.8) is 0 Å². The molecule has 0 aliphatic rings. The molecule has 1 amide bonds. The van der Waals surface area contributed by atoms with E-state index in [-0.39, 0.29) is 22.0 Å². The van der Waals surface area contributed by atoms with Crippen LogP contribution in [0.1, 0.15) is 20.9 Å². The maximum Gasteiger partial charge on any atom is 0.340 e. The molecule has 0 spiro atoms. The van der Waals surface area contributed by atoms with Gasteiger partial charge in [0.05, 0.1) is 16.3 Å². The predicted molar refractivity (Wildman–Crippen MR) is 99.8 cm³/mol. The standard InChI is InChI=1S/C20H12ClF2NO5/c21-15-4-1-11(18-6-3-13(9-25)29-18)7-14(15)20(27)28-10-19(26)24-17-5-2-12(22)8-16(17)23/h1-9H,10H2,(H,24,26). The van der Waals surface area contributed by atoms with Gasteiger partial charge >= 0.3 is 5.97 Å². The number of aldehydes is 1. The van der Waals surface area contributed by atoms with Gasteiger partial charge in [0.2, 0.25) is 0 Å². The highest BCUT2D eigenvalue weighted by atomic mass is 35.5. The topological polar surface area (TPSA) is 85.6 Å². The average Bonchev–Trinajstić information content (AvgIpc) is 3.18. The van der Waals surface area contributed by atoms with Crippen LogP contribution in [0.5, 0.6) is 0 Å². The van der Waals surface area contributed by atoms with E-state index in [0.717, 1.165) is 12.1 Å². The number of nitrogens with one attached hydrogen (secondary N) is 1. The molecule has 3 aromatic rings. The van der Waals surface area contributed by atoms with Gasteiger partial charge in [0.1, 0.15) is 17.4 Å². The smallest absolute Gasteiger partial charge is 0.340 e. The number of hydrogen-bond donors (Lipinski definition) is 1. The number of amides is 1. The van der Waals surface area contributed by atoms with Crippen LogP contribution in [0, 0.1) is 11.6 Å². The minimum absolute atomic E-state index is 0.0333. The molecule has 0 fully saturated rings. The summed E-state index contributed by atoms with van der Waals surface area (Å²) in [7, 11) is 0. The van der Waals surface area contributed by atoms with Crippen LogP contribution >= 0.6 is 11.6 Å². The van der Waals surface area contributed by atoms with Gasteiger partial charge in [-0.2, -0.15) is 0 Å². The third-order valence-electron chi connectivity index (χ3n) is 3.75. The number of carbonyl (C=O) groups excluding carboxylic acids is 3. The highest BCUT2D eigenvalue weighted by molar-refractivity contribution is 6.33. The Hall–Kier alpha value is -3.52. The highest BCUT2D eigenvalue weighted by Gasteiger charge is 2.17. The molecule has 2 aromatic carbocycles. The van der Waals surface area contributed by atoms with Gasteiger partial charge in [-0.05, 0) is 42.5 Å². The van der Waals surface area contributed by atoms with Crippen molar-refractivity contribution in [1.82, 2.24) is 0 Å². The Balaban J connectivity index is 1.67. The summed E-state index contributed by atoms with van der Waals surface area (Å²) in [6, 6.07) is 10.0. The summed E-state index contributed by atoms with van der Waals surface area (Å²) in [4.78, 5) is 34.9. The summed E-state index contributed by atoms with van der Waals surface area (Å²) < 4.78 is 36.6. The zero-order valence-corrected chi connectivity index (χ0v) is 15.3. The Labute approximate surface area is 168 Å². The van der Waals surface area contributed by atoms with E-state index in [4.69, 9.17) is 20.8 Å². The molecule has 0 radical (unpaired) electrons. The number of ether oxygens (including phenoxy) is 1. The molecule has 148 valence electrons. The van der Waals surface area contributed by atoms with Crippen LogP contribution in [0.4, 0.5) is 14.5 Å². The third kappa shape index (κ3) is 4.85. The highest BCUT2D eigenvalue weighted by Crippen LogP contribution is 2.27. The normalized spacial score (nSPS) is 10.4. The van der Waals surface area contributed by atoms with Crippen LogP contribution in [-0.2, 0) is 9.53 Å². The number of halogens is 3. The second-order valence-electron chi connectivity index (χ2n) is 5.76. The third-order valence-corrected chi connectivity index (χ3v) is 4.08. The Morgan fingerprint density at radius 3 is 2.59 bits per heavy atom. The second kappa shape index (κ2) is 8.66. The minimum Gasteiger partial charge on any atom is -0.453 e. The van der Waals surface area contributed by atoms with E-state index in [9.17, 15) is 23.2 Å². The van der Waals surface area contributed by atoms with E-state index in [1.54, 1.807) is 12.1 Å². The zero-order valence-electron chi connectivity index (χ0n) is 14.6. The summed E-state index contributed by atoms with van der Waals surface area (Å²) in [6.45, 7) is -0.716. The fraction of sp³-hybridized carbons (Fsp3) is 0.0500. The van der Waals surface area contributed by atoms with E-state index in [2.05, 4.69) is 5.32 Å². The molecule has 0 unspecified atom stereocenters. The maximum atomic E-state index is 13.5. The predicted octanol–water partition coefficient (Wildman–Crippen LogP) is 4.49. The van der Waals surface area contributed by atoms with Crippen molar-refractivity contribution in [1.29, 1.82) is 0 Å². The molecule has 9 heteroatoms. The number of esters is 1. The Kier molecular flexibility index (Phi) is 6.04. The van der Waals surface area contributed by atoms with Crippen LogP contribution in [-0.4, -0.2) is 24.8 Å². The number of benzene rings is 2. The molecule has 29 heavy (non-hydrogen) atoms. The lowest BCUT2D eigenvalue weighted by molar-refractivity contribution is -0.119. The molecule has 1 heterocycles. The summed E-state index contributed by atoms with van der Waals surface area (Å²) >= 11 is 6.02. The van der Waals surface area contributed by atoms with Gasteiger partial charge in [-0.3, -0.25) is 9.59 Å². The Morgan fingerprint density at radius 2 is 1.90 bits per heavy atom. The second-order valence-corrected chi connectivity index (χ2v) is 6.17. The molecular formula is C20H12ClF2NO5. The molecule has 1 aromatic heterocycles. The SMILES string of the molecule is O=Cc1ccc(-c2ccc(Cl)c(C(=O)OCC(=O)Nc3ccc(F)cc3F)c2)o1. The quantitative estimate of drug-likeness (QED) is 0.470. The van der Waals surface area contributed by atoms with E-state index in [0.29, 0.717) is 23.7 Å². The summed E-state index contributed by atoms with van der Waals surface area (Å²) in [5, 5.41) is 2.24. The van der Waals surface area contributed by atoms with E-state index in [1.807, 2.05) is 0 Å². The van der Waals surface area contributed by atoms with Crippen LogP contribution in [0.15, 0.2) is 52.9 Å². The molecule has 6 nitrogen and oxygen atoms in total. The van der Waals surface area contributed by atoms with Crippen LogP contribution in [0.25, 0.3) is 11.3 Å². The lowest BCUT2D eigenvalue weighted by Crippen LogP contribution is -2.21. The first kappa shape index (κ1) is 20.2. The number of hydrogen-bond acceptors (Lipinski definition) is 5. The van der Waals surface area contributed by atoms with Crippen LogP contribution in [0.2, 0.25) is 5.02 Å². The van der Waals surface area contributed by atoms with Crippen molar-refractivity contribution in [2.24, 2.45) is 0 Å². The first-order valence-electron chi connectivity index (χ1n) is 8.14. The van der Waals surface area contributed by atoms with Gasteiger partial charge in [-0.15, -0.1) is 0 Å². The molecule has 0 aliphatic carbocycles. The molecule has 0 atom stereocenters. The summed E-state index contributed by atoms with van der Waals surface area (Å²) in [5.74, 6) is -3.02.